The predicted octanol–water partition coefficient (Wildman–Crippen LogP) is 0.379. The molecule has 13 nitrogen and oxygen atoms in total. The van der Waals surface area contributed by atoms with Crippen LogP contribution in [0, 0.1) is 0 Å². The molecule has 0 aliphatic carbocycles. The second kappa shape index (κ2) is 14.8. The molecule has 2 aliphatic rings. The maximum atomic E-state index is 12.8. The van der Waals surface area contributed by atoms with Crippen molar-refractivity contribution in [3.63, 3.8) is 0 Å². The normalized spacial score (nSPS) is 24.4. The molecule has 4 rings (SSSR count). The molecule has 0 saturated carbocycles. The third-order valence-corrected chi connectivity index (χ3v) is 8.07. The summed E-state index contributed by atoms with van der Waals surface area (Å²) in [7, 11) is 0. The van der Waals surface area contributed by atoms with Crippen LogP contribution >= 0.6 is 0 Å². The minimum atomic E-state index is -1.56. The number of nitrogens with one attached hydrogen (secondary N) is 2. The van der Waals surface area contributed by atoms with Crippen molar-refractivity contribution in [1.82, 2.24) is 20.4 Å². The van der Waals surface area contributed by atoms with E-state index in [0.717, 1.165) is 22.4 Å². The summed E-state index contributed by atoms with van der Waals surface area (Å²) in [4.78, 5) is 27.2. The number of H-pyrrole nitrogens is 1. The van der Waals surface area contributed by atoms with Gasteiger partial charge in [-0.05, 0) is 43.7 Å². The van der Waals surface area contributed by atoms with Crippen LogP contribution in [0.2, 0.25) is 0 Å². The maximum absolute atomic E-state index is 12.8. The van der Waals surface area contributed by atoms with Crippen molar-refractivity contribution in [3.8, 4) is 5.88 Å². The Morgan fingerprint density at radius 1 is 1.09 bits per heavy atom. The first kappa shape index (κ1) is 33.8. The number of hydrogen-bond donors (Lipinski definition) is 6. The van der Waals surface area contributed by atoms with E-state index in [1.807, 2.05) is 38.1 Å². The summed E-state index contributed by atoms with van der Waals surface area (Å²) >= 11 is 0. The molecule has 13 heteroatoms. The van der Waals surface area contributed by atoms with E-state index < -0.39 is 42.9 Å². The summed E-state index contributed by atoms with van der Waals surface area (Å²) in [6, 6.07) is 8.00. The van der Waals surface area contributed by atoms with E-state index in [1.54, 1.807) is 18.7 Å². The van der Waals surface area contributed by atoms with Gasteiger partial charge in [-0.25, -0.2) is 0 Å². The molecule has 0 bridgehead atoms. The summed E-state index contributed by atoms with van der Waals surface area (Å²) in [5.41, 5.74) is 2.67. The van der Waals surface area contributed by atoms with Gasteiger partial charge in [0.15, 0.2) is 0 Å². The van der Waals surface area contributed by atoms with Gasteiger partial charge in [0.1, 0.15) is 30.0 Å². The lowest BCUT2D eigenvalue weighted by atomic mass is 9.97. The van der Waals surface area contributed by atoms with E-state index in [0.29, 0.717) is 52.0 Å². The number of aryl methyl sites for hydroxylation is 1. The fraction of sp³-hybridized carbons (Fsp3) is 0.645. The molecule has 5 atom stereocenters. The van der Waals surface area contributed by atoms with Crippen molar-refractivity contribution in [2.24, 2.45) is 0 Å². The van der Waals surface area contributed by atoms with Gasteiger partial charge in [-0.2, -0.15) is 0 Å². The van der Waals surface area contributed by atoms with E-state index in [-0.39, 0.29) is 23.6 Å². The molecule has 0 radical (unpaired) electrons. The van der Waals surface area contributed by atoms with Crippen molar-refractivity contribution in [2.45, 2.75) is 95.5 Å². The second-order valence-corrected chi connectivity index (χ2v) is 12.3. The molecule has 2 saturated heterocycles. The lowest BCUT2D eigenvalue weighted by Gasteiger charge is -2.39. The highest BCUT2D eigenvalue weighted by molar-refractivity contribution is 5.90. The Balaban J connectivity index is 1.33. The monoisotopic (exact) mass is 618 g/mol. The lowest BCUT2D eigenvalue weighted by Crippen LogP contribution is -2.60. The van der Waals surface area contributed by atoms with Gasteiger partial charge in [-0.3, -0.25) is 14.7 Å². The van der Waals surface area contributed by atoms with Crippen molar-refractivity contribution in [3.05, 3.63) is 46.6 Å². The third-order valence-electron chi connectivity index (χ3n) is 8.07. The Labute approximate surface area is 257 Å². The van der Waals surface area contributed by atoms with Gasteiger partial charge < -0.3 is 44.9 Å². The quantitative estimate of drug-likeness (QED) is 0.194. The Morgan fingerprint density at radius 2 is 1.75 bits per heavy atom. The molecule has 0 spiro atoms. The highest BCUT2D eigenvalue weighted by Gasteiger charge is 2.45. The van der Waals surface area contributed by atoms with Crippen molar-refractivity contribution in [1.29, 1.82) is 0 Å². The fourth-order valence-electron chi connectivity index (χ4n) is 5.49. The molecule has 244 valence electrons. The zero-order valence-electron chi connectivity index (χ0n) is 25.9. The molecule has 1 aromatic heterocycles. The van der Waals surface area contributed by atoms with Crippen LogP contribution in [-0.2, 0) is 31.9 Å². The topological polar surface area (TPSA) is 187 Å². The number of rotatable bonds is 12. The Bertz CT molecular complexity index is 1240. The standard InChI is InChI=1S/C31H46N4O9/c1-18(2)24-21(28(34-33-24)44-29-27(40)26(39)25(38)22(17-36)43-29)16-20-10-8-19(9-11-20)6-5-7-23(37)32-31(3,4)30(41)35-12-14-42-15-13-35/h8-11,18,22,25-27,29,36,38-40H,5-7,12-17H2,1-4H3,(H,32,37)(H,33,34)/t22-,25-,26+,27-,29+/m1/s1. The molecule has 44 heavy (non-hydrogen) atoms. The summed E-state index contributed by atoms with van der Waals surface area (Å²) in [5, 5.41) is 50.3. The molecular weight excluding hydrogens is 572 g/mol. The first-order valence-electron chi connectivity index (χ1n) is 15.2. The summed E-state index contributed by atoms with van der Waals surface area (Å²) < 4.78 is 16.7. The van der Waals surface area contributed by atoms with Crippen LogP contribution in [0.25, 0.3) is 0 Å². The first-order valence-corrected chi connectivity index (χ1v) is 15.2. The zero-order chi connectivity index (χ0) is 32.0. The van der Waals surface area contributed by atoms with E-state index in [4.69, 9.17) is 14.2 Å². The minimum absolute atomic E-state index is 0.0872. The van der Waals surface area contributed by atoms with Gasteiger partial charge in [0.2, 0.25) is 24.0 Å². The van der Waals surface area contributed by atoms with Crippen LogP contribution in [0.15, 0.2) is 24.3 Å². The Kier molecular flexibility index (Phi) is 11.4. The molecule has 2 fully saturated rings. The van der Waals surface area contributed by atoms with E-state index in [2.05, 4.69) is 15.5 Å². The van der Waals surface area contributed by atoms with Gasteiger partial charge in [-0.1, -0.05) is 38.1 Å². The van der Waals surface area contributed by atoms with Crippen molar-refractivity contribution in [2.75, 3.05) is 32.9 Å². The fourth-order valence-corrected chi connectivity index (χ4v) is 5.49. The highest BCUT2D eigenvalue weighted by atomic mass is 16.7. The molecule has 3 heterocycles. The third kappa shape index (κ3) is 8.14. The summed E-state index contributed by atoms with van der Waals surface area (Å²) in [6.07, 6.45) is -4.92. The number of nitrogens with zero attached hydrogens (tertiary/aromatic N) is 2. The van der Waals surface area contributed by atoms with Crippen molar-refractivity contribution < 1.29 is 44.2 Å². The molecule has 0 unspecified atom stereocenters. The van der Waals surface area contributed by atoms with Crippen LogP contribution in [0.1, 0.15) is 68.8 Å². The molecular formula is C31H46N4O9. The lowest BCUT2D eigenvalue weighted by molar-refractivity contribution is -0.278. The highest BCUT2D eigenvalue weighted by Crippen LogP contribution is 2.31. The molecule has 6 N–H and O–H groups in total. The Morgan fingerprint density at radius 3 is 2.39 bits per heavy atom. The van der Waals surface area contributed by atoms with Crippen molar-refractivity contribution >= 4 is 11.8 Å². The number of aromatic nitrogens is 2. The average molecular weight is 619 g/mol. The minimum Gasteiger partial charge on any atom is -0.443 e. The second-order valence-electron chi connectivity index (χ2n) is 12.3. The van der Waals surface area contributed by atoms with Gasteiger partial charge in [0.25, 0.3) is 0 Å². The van der Waals surface area contributed by atoms with Crippen LogP contribution in [0.3, 0.4) is 0 Å². The predicted molar refractivity (Wildman–Crippen MR) is 159 cm³/mol. The smallest absolute Gasteiger partial charge is 0.247 e. The van der Waals surface area contributed by atoms with E-state index in [9.17, 15) is 30.0 Å². The number of aromatic amines is 1. The van der Waals surface area contributed by atoms with Gasteiger partial charge in [-0.15, -0.1) is 5.10 Å². The SMILES string of the molecule is CC(C)c1[nH]nc(O[C@@H]2O[C@H](CO)[C@@H](O)[C@H](O)[C@H]2O)c1Cc1ccc(CCCC(=O)NC(C)(C)C(=O)N2CCOCC2)cc1. The van der Waals surface area contributed by atoms with Crippen LogP contribution in [0.5, 0.6) is 5.88 Å². The van der Waals surface area contributed by atoms with E-state index in [1.165, 1.54) is 0 Å². The average Bonchev–Trinajstić information content (AvgIpc) is 3.40. The number of carbonyl (C=O) groups is 2. The Hall–Kier alpha value is -3.07. The van der Waals surface area contributed by atoms with Gasteiger partial charge >= 0.3 is 0 Å². The molecule has 1 aromatic carbocycles. The van der Waals surface area contributed by atoms with Gasteiger partial charge in [0.05, 0.1) is 19.8 Å². The maximum Gasteiger partial charge on any atom is 0.247 e. The van der Waals surface area contributed by atoms with Crippen LogP contribution < -0.4 is 10.1 Å². The number of ether oxygens (including phenoxy) is 3. The molecule has 2 amide bonds. The summed E-state index contributed by atoms with van der Waals surface area (Å²) in [6.45, 7) is 8.98. The number of benzene rings is 1. The van der Waals surface area contributed by atoms with Crippen LogP contribution in [-0.4, -0.2) is 116 Å². The number of aliphatic hydroxyl groups excluding tert-OH is 4. The van der Waals surface area contributed by atoms with Gasteiger partial charge in [0, 0.05) is 37.2 Å². The molecule has 2 aromatic rings. The van der Waals surface area contributed by atoms with Crippen LogP contribution in [0.4, 0.5) is 0 Å². The largest absolute Gasteiger partial charge is 0.443 e. The van der Waals surface area contributed by atoms with E-state index >= 15 is 0 Å². The number of carbonyl (C=O) groups excluding carboxylic acids is 2. The number of aliphatic hydroxyl groups is 4. The zero-order valence-corrected chi connectivity index (χ0v) is 25.9. The summed E-state index contributed by atoms with van der Waals surface area (Å²) in [5.74, 6) is 0.0124. The number of morpholine rings is 1. The number of amides is 2. The first-order chi connectivity index (χ1) is 20.9. The number of hydrogen-bond acceptors (Lipinski definition) is 10. The molecule has 2 aliphatic heterocycles.